The number of carbonyl (C=O) groups excluding carboxylic acids is 1. The van der Waals surface area contributed by atoms with E-state index in [1.54, 1.807) is 0 Å². The van der Waals surface area contributed by atoms with E-state index in [-0.39, 0.29) is 54.2 Å². The van der Waals surface area contributed by atoms with Crippen molar-refractivity contribution in [3.8, 4) is 0 Å². The SMILES string of the molecule is CCCCC(C)(C)C(/C=C/C1C(CO)CC2OC(=O)CC21)OC1CCCCO1. The Labute approximate surface area is 169 Å². The van der Waals surface area contributed by atoms with Crippen LogP contribution < -0.4 is 0 Å². The Hall–Kier alpha value is -0.910. The van der Waals surface area contributed by atoms with Gasteiger partial charge in [0.25, 0.3) is 0 Å². The van der Waals surface area contributed by atoms with E-state index in [0.29, 0.717) is 6.42 Å². The molecule has 2 heterocycles. The van der Waals surface area contributed by atoms with Crippen LogP contribution in [0.4, 0.5) is 0 Å². The first-order valence-electron chi connectivity index (χ1n) is 11.2. The van der Waals surface area contributed by atoms with Gasteiger partial charge in [0.2, 0.25) is 0 Å². The second-order valence-corrected chi connectivity index (χ2v) is 9.48. The van der Waals surface area contributed by atoms with Crippen LogP contribution in [0, 0.1) is 23.2 Å². The Balaban J connectivity index is 1.73. The molecule has 0 bridgehead atoms. The van der Waals surface area contributed by atoms with Crippen molar-refractivity contribution in [2.45, 2.75) is 90.6 Å². The Kier molecular flexibility index (Phi) is 7.57. The monoisotopic (exact) mass is 394 g/mol. The maximum absolute atomic E-state index is 11.7. The number of aliphatic hydroxyl groups is 1. The van der Waals surface area contributed by atoms with Crippen molar-refractivity contribution in [1.82, 2.24) is 0 Å². The van der Waals surface area contributed by atoms with Crippen LogP contribution in [0.25, 0.3) is 0 Å². The minimum atomic E-state index is -0.134. The topological polar surface area (TPSA) is 65.0 Å². The molecule has 6 unspecified atom stereocenters. The normalized spacial score (nSPS) is 34.6. The zero-order chi connectivity index (χ0) is 20.1. The first-order valence-corrected chi connectivity index (χ1v) is 11.2. The Bertz CT molecular complexity index is 537. The van der Waals surface area contributed by atoms with Crippen LogP contribution in [0.5, 0.6) is 0 Å². The summed E-state index contributed by atoms with van der Waals surface area (Å²) in [5.74, 6) is 0.411. The molecule has 160 valence electrons. The highest BCUT2D eigenvalue weighted by molar-refractivity contribution is 5.72. The minimum Gasteiger partial charge on any atom is -0.462 e. The van der Waals surface area contributed by atoms with Crippen LogP contribution in [0.15, 0.2) is 12.2 Å². The molecule has 1 N–H and O–H groups in total. The van der Waals surface area contributed by atoms with Crippen molar-refractivity contribution in [2.75, 3.05) is 13.2 Å². The largest absolute Gasteiger partial charge is 0.462 e. The number of carbonyl (C=O) groups is 1. The van der Waals surface area contributed by atoms with Gasteiger partial charge in [0, 0.05) is 19.1 Å². The highest BCUT2D eigenvalue weighted by atomic mass is 16.7. The van der Waals surface area contributed by atoms with E-state index in [1.807, 2.05) is 0 Å². The summed E-state index contributed by atoms with van der Waals surface area (Å²) in [4.78, 5) is 11.7. The highest BCUT2D eigenvalue weighted by Gasteiger charge is 2.48. The van der Waals surface area contributed by atoms with E-state index >= 15 is 0 Å². The lowest BCUT2D eigenvalue weighted by Gasteiger charge is -2.36. The third-order valence-corrected chi connectivity index (χ3v) is 6.86. The fourth-order valence-corrected chi connectivity index (χ4v) is 5.01. The number of aliphatic hydroxyl groups excluding tert-OH is 1. The molecule has 0 spiro atoms. The van der Waals surface area contributed by atoms with Gasteiger partial charge in [-0.2, -0.15) is 0 Å². The van der Waals surface area contributed by atoms with E-state index in [0.717, 1.165) is 45.1 Å². The number of fused-ring (bicyclic) bond motifs is 1. The van der Waals surface area contributed by atoms with Gasteiger partial charge in [0.15, 0.2) is 6.29 Å². The van der Waals surface area contributed by atoms with E-state index in [9.17, 15) is 9.90 Å². The first-order chi connectivity index (χ1) is 13.4. The van der Waals surface area contributed by atoms with Gasteiger partial charge in [0.1, 0.15) is 6.10 Å². The average molecular weight is 395 g/mol. The number of ether oxygens (including phenoxy) is 3. The van der Waals surface area contributed by atoms with Gasteiger partial charge in [-0.05, 0) is 49.4 Å². The van der Waals surface area contributed by atoms with Crippen LogP contribution in [0.1, 0.15) is 72.1 Å². The zero-order valence-corrected chi connectivity index (χ0v) is 17.8. The first kappa shape index (κ1) is 21.8. The molecule has 5 heteroatoms. The van der Waals surface area contributed by atoms with Crippen LogP contribution >= 0.6 is 0 Å². The molecule has 3 aliphatic rings. The average Bonchev–Trinajstić information content (AvgIpc) is 3.20. The van der Waals surface area contributed by atoms with Gasteiger partial charge in [-0.3, -0.25) is 4.79 Å². The van der Waals surface area contributed by atoms with E-state index < -0.39 is 0 Å². The Morgan fingerprint density at radius 3 is 2.86 bits per heavy atom. The van der Waals surface area contributed by atoms with Crippen molar-refractivity contribution in [3.05, 3.63) is 12.2 Å². The third kappa shape index (κ3) is 5.17. The van der Waals surface area contributed by atoms with Crippen molar-refractivity contribution < 1.29 is 24.1 Å². The Morgan fingerprint density at radius 1 is 1.36 bits per heavy atom. The fraction of sp³-hybridized carbons (Fsp3) is 0.870. The molecule has 0 amide bonds. The summed E-state index contributed by atoms with van der Waals surface area (Å²) in [6.45, 7) is 7.66. The summed E-state index contributed by atoms with van der Waals surface area (Å²) in [5.41, 5.74) is 0.00201. The molecule has 0 radical (unpaired) electrons. The van der Waals surface area contributed by atoms with Crippen LogP contribution in [0.3, 0.4) is 0 Å². The Morgan fingerprint density at radius 2 is 2.18 bits per heavy atom. The molecule has 2 saturated heterocycles. The van der Waals surface area contributed by atoms with E-state index in [4.69, 9.17) is 14.2 Å². The summed E-state index contributed by atoms with van der Waals surface area (Å²) in [7, 11) is 0. The summed E-state index contributed by atoms with van der Waals surface area (Å²) in [5, 5.41) is 9.83. The maximum atomic E-state index is 11.7. The molecule has 0 aromatic carbocycles. The predicted molar refractivity (Wildman–Crippen MR) is 108 cm³/mol. The second kappa shape index (κ2) is 9.73. The second-order valence-electron chi connectivity index (χ2n) is 9.48. The van der Waals surface area contributed by atoms with Gasteiger partial charge >= 0.3 is 5.97 Å². The summed E-state index contributed by atoms with van der Waals surface area (Å²) >= 11 is 0. The van der Waals surface area contributed by atoms with Crippen LogP contribution in [0.2, 0.25) is 0 Å². The fourth-order valence-electron chi connectivity index (χ4n) is 5.01. The van der Waals surface area contributed by atoms with Crippen LogP contribution in [-0.4, -0.2) is 42.8 Å². The summed E-state index contributed by atoms with van der Waals surface area (Å²) in [6, 6.07) is 0. The minimum absolute atomic E-state index is 0.00201. The molecule has 28 heavy (non-hydrogen) atoms. The van der Waals surface area contributed by atoms with Crippen LogP contribution in [-0.2, 0) is 19.0 Å². The van der Waals surface area contributed by atoms with E-state index in [1.165, 1.54) is 6.42 Å². The lowest BCUT2D eigenvalue weighted by atomic mass is 9.79. The smallest absolute Gasteiger partial charge is 0.306 e. The highest BCUT2D eigenvalue weighted by Crippen LogP contribution is 2.46. The standard InChI is InChI=1S/C23H38O5/c1-4-5-11-23(2,3)20(28-22-8-6-7-12-26-22)10-9-17-16(15-24)13-19-18(17)14-21(25)27-19/h9-10,16-20,22,24H,4-8,11-15H2,1-3H3/b10-9+. The van der Waals surface area contributed by atoms with E-state index in [2.05, 4.69) is 32.9 Å². The third-order valence-electron chi connectivity index (χ3n) is 6.86. The molecule has 6 atom stereocenters. The molecule has 0 aromatic rings. The van der Waals surface area contributed by atoms with Crippen molar-refractivity contribution in [3.63, 3.8) is 0 Å². The molecular formula is C23H38O5. The molecular weight excluding hydrogens is 356 g/mol. The maximum Gasteiger partial charge on any atom is 0.306 e. The quantitative estimate of drug-likeness (QED) is 0.468. The van der Waals surface area contributed by atoms with Gasteiger partial charge in [0.05, 0.1) is 12.5 Å². The van der Waals surface area contributed by atoms with Gasteiger partial charge < -0.3 is 19.3 Å². The zero-order valence-electron chi connectivity index (χ0n) is 17.8. The molecule has 1 saturated carbocycles. The predicted octanol–water partition coefficient (Wildman–Crippen LogP) is 4.23. The number of allylic oxidation sites excluding steroid dienone is 1. The molecule has 3 fully saturated rings. The molecule has 2 aliphatic heterocycles. The lowest BCUT2D eigenvalue weighted by molar-refractivity contribution is -0.197. The number of rotatable bonds is 9. The van der Waals surface area contributed by atoms with Gasteiger partial charge in [-0.15, -0.1) is 0 Å². The lowest BCUT2D eigenvalue weighted by Crippen LogP contribution is -2.36. The van der Waals surface area contributed by atoms with Crippen molar-refractivity contribution >= 4 is 5.97 Å². The number of esters is 1. The molecule has 1 aliphatic carbocycles. The molecule has 3 rings (SSSR count). The number of unbranched alkanes of at least 4 members (excludes halogenated alkanes) is 1. The summed E-state index contributed by atoms with van der Waals surface area (Å²) in [6.07, 6.45) is 12.0. The van der Waals surface area contributed by atoms with Crippen molar-refractivity contribution in [2.24, 2.45) is 23.2 Å². The number of hydrogen-bond acceptors (Lipinski definition) is 5. The molecule has 5 nitrogen and oxygen atoms in total. The van der Waals surface area contributed by atoms with Gasteiger partial charge in [-0.25, -0.2) is 0 Å². The molecule has 0 aromatic heterocycles. The van der Waals surface area contributed by atoms with Gasteiger partial charge in [-0.1, -0.05) is 45.8 Å². The number of hydrogen-bond donors (Lipinski definition) is 1. The summed E-state index contributed by atoms with van der Waals surface area (Å²) < 4.78 is 17.8. The van der Waals surface area contributed by atoms with Crippen molar-refractivity contribution in [1.29, 1.82) is 0 Å².